The van der Waals surface area contributed by atoms with E-state index in [4.69, 9.17) is 25.2 Å². The van der Waals surface area contributed by atoms with Gasteiger partial charge in [0.05, 0.1) is 11.4 Å². The Morgan fingerprint density at radius 1 is 0.800 bits per heavy atom. The van der Waals surface area contributed by atoms with Gasteiger partial charge in [0.15, 0.2) is 0 Å². The van der Waals surface area contributed by atoms with Crippen LogP contribution in [0.4, 0.5) is 0 Å². The number of nitrogens with zero attached hydrogens (tertiary/aromatic N) is 1. The molecule has 1 unspecified atom stereocenters. The van der Waals surface area contributed by atoms with E-state index in [1.54, 1.807) is 0 Å². The summed E-state index contributed by atoms with van der Waals surface area (Å²) in [6.45, 7) is 5.14. The quantitative estimate of drug-likeness (QED) is 0.411. The number of aromatic nitrogens is 1. The van der Waals surface area contributed by atoms with Gasteiger partial charge in [-0.05, 0) is 44.7 Å². The minimum absolute atomic E-state index is 0.00694. The van der Waals surface area contributed by atoms with Gasteiger partial charge in [-0.25, -0.2) is 0 Å². The zero-order valence-corrected chi connectivity index (χ0v) is 20.7. The molecule has 2 heterocycles. The van der Waals surface area contributed by atoms with Crippen LogP contribution in [0.1, 0.15) is 69.7 Å². The SMILES string of the molecule is C[C@@H]1CNC2CCCC[C@H]2NCc2cccc(n2)CN[C@@H]2CCCC[C@H]2N1.[Cl][Mn][Cl]. The number of hydrogen-bond acceptors (Lipinski definition) is 5. The molecular weight excluding hydrogens is 460 g/mol. The molecule has 4 rings (SSSR count). The van der Waals surface area contributed by atoms with E-state index >= 15 is 0 Å². The molecule has 4 N–H and O–H groups in total. The third-order valence-electron chi connectivity index (χ3n) is 6.67. The zero-order valence-electron chi connectivity index (χ0n) is 18.0. The standard InChI is InChI=1S/C22H37N5.2ClH.Mn/c1-16-13-23-19-9-2-3-10-20(19)24-14-17-7-6-8-18(27-17)15-25-21-11-4-5-12-22(21)26-16;;;/h6-8,16,19-26H,2-5,9-15H2,1H3;2*1H;/q;;;+2/p-2/t16-,19?,20-,21-,22-;;;/m1.../s1. The van der Waals surface area contributed by atoms with Crippen molar-refractivity contribution in [1.29, 1.82) is 0 Å². The summed E-state index contributed by atoms with van der Waals surface area (Å²) in [7, 11) is 9.59. The average Bonchev–Trinajstić information content (AvgIpc) is 2.77. The third-order valence-corrected chi connectivity index (χ3v) is 6.67. The van der Waals surface area contributed by atoms with Gasteiger partial charge in [0.25, 0.3) is 0 Å². The number of halogens is 2. The van der Waals surface area contributed by atoms with E-state index in [0.717, 1.165) is 19.6 Å². The Morgan fingerprint density at radius 3 is 1.83 bits per heavy atom. The Labute approximate surface area is 196 Å². The van der Waals surface area contributed by atoms with Gasteiger partial charge in [0.2, 0.25) is 0 Å². The van der Waals surface area contributed by atoms with Crippen molar-refractivity contribution in [2.45, 2.75) is 102 Å². The van der Waals surface area contributed by atoms with Crippen LogP contribution in [0.2, 0.25) is 0 Å². The van der Waals surface area contributed by atoms with Gasteiger partial charge in [-0.3, -0.25) is 4.98 Å². The van der Waals surface area contributed by atoms with E-state index in [-0.39, 0.29) is 13.1 Å². The number of nitrogens with one attached hydrogen (secondary N) is 4. The van der Waals surface area contributed by atoms with Crippen molar-refractivity contribution in [3.63, 3.8) is 0 Å². The van der Waals surface area contributed by atoms with Crippen molar-refractivity contribution in [2.75, 3.05) is 6.54 Å². The minimum atomic E-state index is 0.00694. The predicted molar refractivity (Wildman–Crippen MR) is 122 cm³/mol. The number of rotatable bonds is 0. The molecule has 0 spiro atoms. The predicted octanol–water partition coefficient (Wildman–Crippen LogP) is 3.84. The van der Waals surface area contributed by atoms with Crippen LogP contribution in [-0.2, 0) is 26.2 Å². The van der Waals surface area contributed by atoms with Crippen LogP contribution < -0.4 is 21.3 Å². The van der Waals surface area contributed by atoms with E-state index in [1.165, 1.54) is 62.8 Å². The van der Waals surface area contributed by atoms with E-state index in [2.05, 4.69) is 46.4 Å². The van der Waals surface area contributed by atoms with Crippen LogP contribution in [0.5, 0.6) is 0 Å². The van der Waals surface area contributed by atoms with Crippen molar-refractivity contribution in [3.05, 3.63) is 29.6 Å². The molecule has 0 radical (unpaired) electrons. The summed E-state index contributed by atoms with van der Waals surface area (Å²) < 4.78 is 0. The summed E-state index contributed by atoms with van der Waals surface area (Å²) in [6, 6.07) is 9.25. The molecule has 8 heteroatoms. The molecule has 0 aromatic carbocycles. The third kappa shape index (κ3) is 7.90. The van der Waals surface area contributed by atoms with Crippen LogP contribution in [-0.4, -0.2) is 41.7 Å². The fourth-order valence-corrected chi connectivity index (χ4v) is 5.14. The fourth-order valence-electron chi connectivity index (χ4n) is 5.14. The van der Waals surface area contributed by atoms with Crippen LogP contribution in [0, 0.1) is 0 Å². The van der Waals surface area contributed by atoms with Crippen molar-refractivity contribution in [3.8, 4) is 0 Å². The summed E-state index contributed by atoms with van der Waals surface area (Å²) in [6.07, 6.45) is 10.5. The van der Waals surface area contributed by atoms with E-state index in [9.17, 15) is 0 Å². The first-order valence-electron chi connectivity index (χ1n) is 11.5. The van der Waals surface area contributed by atoms with Crippen molar-refractivity contribution in [2.24, 2.45) is 0 Å². The first-order valence-corrected chi connectivity index (χ1v) is 14.7. The maximum absolute atomic E-state index is 4.91. The molecule has 1 aromatic heterocycles. The van der Waals surface area contributed by atoms with Crippen molar-refractivity contribution >= 4 is 20.2 Å². The molecule has 2 bridgehead atoms. The topological polar surface area (TPSA) is 61.0 Å². The molecular formula is C22H37Cl2MnN5. The summed E-state index contributed by atoms with van der Waals surface area (Å²) in [5.41, 5.74) is 2.33. The fraction of sp³-hybridized carbons (Fsp3) is 0.773. The molecule has 0 saturated heterocycles. The summed E-state index contributed by atoms with van der Waals surface area (Å²) in [5, 5.41) is 15.4. The van der Waals surface area contributed by atoms with Crippen molar-refractivity contribution in [1.82, 2.24) is 26.3 Å². The van der Waals surface area contributed by atoms with Crippen LogP contribution in [0.25, 0.3) is 0 Å². The van der Waals surface area contributed by atoms with Gasteiger partial charge in [0.1, 0.15) is 0 Å². The average molecular weight is 497 g/mol. The van der Waals surface area contributed by atoms with E-state index in [1.807, 2.05) is 0 Å². The Kier molecular flexibility index (Phi) is 11.2. The van der Waals surface area contributed by atoms with Gasteiger partial charge >= 0.3 is 33.3 Å². The van der Waals surface area contributed by atoms with E-state index in [0.29, 0.717) is 30.2 Å². The van der Waals surface area contributed by atoms with E-state index < -0.39 is 0 Å². The second-order valence-electron chi connectivity index (χ2n) is 8.91. The first kappa shape index (κ1) is 24.7. The normalized spacial score (nSPS) is 33.0. The van der Waals surface area contributed by atoms with Crippen LogP contribution in [0.15, 0.2) is 18.2 Å². The van der Waals surface area contributed by atoms with Gasteiger partial charge in [-0.2, -0.15) is 0 Å². The van der Waals surface area contributed by atoms with Crippen LogP contribution in [0.3, 0.4) is 0 Å². The molecule has 2 aliphatic carbocycles. The summed E-state index contributed by atoms with van der Waals surface area (Å²) >= 11 is 0.00694. The molecule has 1 aliphatic heterocycles. The molecule has 3 aliphatic rings. The molecule has 5 nitrogen and oxygen atoms in total. The first-order chi connectivity index (χ1) is 14.7. The maximum atomic E-state index is 4.91. The molecule has 1 aromatic rings. The zero-order chi connectivity index (χ0) is 21.2. The molecule has 30 heavy (non-hydrogen) atoms. The second kappa shape index (κ2) is 13.6. The molecule has 2 saturated carbocycles. The Morgan fingerprint density at radius 2 is 1.27 bits per heavy atom. The number of fused-ring (bicyclic) bond motifs is 4. The van der Waals surface area contributed by atoms with Gasteiger partial charge in [-0.1, -0.05) is 31.7 Å². The second-order valence-corrected chi connectivity index (χ2v) is 10.9. The van der Waals surface area contributed by atoms with Crippen molar-refractivity contribution < 1.29 is 13.1 Å². The molecule has 2 fully saturated rings. The summed E-state index contributed by atoms with van der Waals surface area (Å²) in [4.78, 5) is 4.91. The number of hydrogen-bond donors (Lipinski definition) is 4. The molecule has 5 atom stereocenters. The number of pyridine rings is 1. The van der Waals surface area contributed by atoms with Crippen LogP contribution >= 0.6 is 20.2 Å². The Bertz CT molecular complexity index is 623. The van der Waals surface area contributed by atoms with Gasteiger partial charge in [-0.15, -0.1) is 0 Å². The Hall–Kier alpha value is 0.0895. The summed E-state index contributed by atoms with van der Waals surface area (Å²) in [5.74, 6) is 0. The Balaban J connectivity index is 0.000000806. The van der Waals surface area contributed by atoms with Gasteiger partial charge < -0.3 is 21.3 Å². The van der Waals surface area contributed by atoms with Gasteiger partial charge in [0, 0.05) is 49.8 Å². The molecule has 0 amide bonds. The molecule has 171 valence electrons. The monoisotopic (exact) mass is 496 g/mol.